The molecule has 2 aromatic rings. The minimum Gasteiger partial charge on any atom is -0.364 e. The number of rotatable bonds is 4. The monoisotopic (exact) mass is 295 g/mol. The summed E-state index contributed by atoms with van der Waals surface area (Å²) in [6.07, 6.45) is 0. The van der Waals surface area contributed by atoms with Crippen molar-refractivity contribution >= 4 is 11.7 Å². The van der Waals surface area contributed by atoms with E-state index in [1.54, 1.807) is 14.1 Å². The summed E-state index contributed by atoms with van der Waals surface area (Å²) in [6.45, 7) is 0. The van der Waals surface area contributed by atoms with Crippen LogP contribution in [-0.4, -0.2) is 40.0 Å². The molecule has 2 rings (SSSR count). The van der Waals surface area contributed by atoms with Crippen LogP contribution in [0.5, 0.6) is 0 Å². The molecule has 110 valence electrons. The van der Waals surface area contributed by atoms with Crippen molar-refractivity contribution in [2.75, 3.05) is 14.1 Å². The Balaban J connectivity index is 2.67. The average molecular weight is 295 g/mol. The maximum Gasteiger partial charge on any atom is 0.273 e. The fourth-order valence-corrected chi connectivity index (χ4v) is 1.50. The molecule has 0 saturated carbocycles. The highest BCUT2D eigenvalue weighted by molar-refractivity contribution is 5.95. The number of benzene rings is 1. The lowest BCUT2D eigenvalue weighted by atomic mass is 10.3. The van der Waals surface area contributed by atoms with Crippen LogP contribution in [0, 0.1) is 11.6 Å². The molecule has 0 spiro atoms. The van der Waals surface area contributed by atoms with Gasteiger partial charge in [0.2, 0.25) is 5.82 Å². The van der Waals surface area contributed by atoms with E-state index in [1.165, 1.54) is 11.1 Å². The van der Waals surface area contributed by atoms with Gasteiger partial charge in [0.25, 0.3) is 5.91 Å². The Morgan fingerprint density at radius 2 is 1.95 bits per heavy atom. The van der Waals surface area contributed by atoms with Crippen molar-refractivity contribution < 1.29 is 13.6 Å². The first-order valence-electron chi connectivity index (χ1n) is 5.70. The molecule has 8 nitrogen and oxygen atoms in total. The third-order valence-corrected chi connectivity index (χ3v) is 2.35. The predicted molar refractivity (Wildman–Crippen MR) is 68.0 cm³/mol. The highest BCUT2D eigenvalue weighted by Gasteiger charge is 2.22. The molecule has 0 unspecified atom stereocenters. The molecule has 0 aliphatic rings. The molecule has 0 radical (unpaired) electrons. The van der Waals surface area contributed by atoms with E-state index < -0.39 is 23.2 Å². The molecule has 0 aliphatic carbocycles. The first-order chi connectivity index (χ1) is 9.91. The van der Waals surface area contributed by atoms with Gasteiger partial charge in [0, 0.05) is 14.1 Å². The fraction of sp³-hybridized carbons (Fsp3) is 0.182. The predicted octanol–water partition coefficient (Wildman–Crippen LogP) is 1.20. The van der Waals surface area contributed by atoms with Crippen molar-refractivity contribution in [3.63, 3.8) is 0 Å². The summed E-state index contributed by atoms with van der Waals surface area (Å²) in [5, 5.41) is 15.7. The largest absolute Gasteiger partial charge is 0.364 e. The molecule has 10 heteroatoms. The number of hydrogen-bond acceptors (Lipinski definition) is 5. The van der Waals surface area contributed by atoms with E-state index in [0.29, 0.717) is 0 Å². The van der Waals surface area contributed by atoms with E-state index in [0.717, 1.165) is 16.8 Å². The van der Waals surface area contributed by atoms with Gasteiger partial charge in [0.05, 0.1) is 0 Å². The van der Waals surface area contributed by atoms with Crippen LogP contribution in [0.25, 0.3) is 5.69 Å². The molecule has 1 aromatic heterocycles. The molecular formula is C11H11F2N7O. The van der Waals surface area contributed by atoms with E-state index in [9.17, 15) is 13.6 Å². The smallest absolute Gasteiger partial charge is 0.273 e. The van der Waals surface area contributed by atoms with Gasteiger partial charge in [-0.1, -0.05) is 16.5 Å². The number of halogens is 2. The zero-order valence-electron chi connectivity index (χ0n) is 11.2. The Morgan fingerprint density at radius 3 is 2.48 bits per heavy atom. The number of nitrogens with two attached hydrogens (primary N) is 1. The number of para-hydroxylation sites is 1. The summed E-state index contributed by atoms with van der Waals surface area (Å²) < 4.78 is 28.3. The van der Waals surface area contributed by atoms with E-state index in [2.05, 4.69) is 20.6 Å². The molecular weight excluding hydrogens is 284 g/mol. The van der Waals surface area contributed by atoms with Crippen molar-refractivity contribution in [1.82, 2.24) is 20.0 Å². The summed E-state index contributed by atoms with van der Waals surface area (Å²) in [5.74, 6) is -2.99. The number of primary amides is 1. The lowest BCUT2D eigenvalue weighted by Crippen LogP contribution is -2.12. The van der Waals surface area contributed by atoms with Gasteiger partial charge in [0.1, 0.15) is 5.69 Å². The molecule has 0 atom stereocenters. The quantitative estimate of drug-likeness (QED) is 0.676. The second-order valence-electron chi connectivity index (χ2n) is 4.14. The molecule has 0 bridgehead atoms. The maximum absolute atomic E-state index is 13.8. The normalized spacial score (nSPS) is 11.0. The third kappa shape index (κ3) is 2.83. The molecule has 21 heavy (non-hydrogen) atoms. The molecule has 2 N–H and O–H groups in total. The third-order valence-electron chi connectivity index (χ3n) is 2.35. The summed E-state index contributed by atoms with van der Waals surface area (Å²) >= 11 is 0. The Kier molecular flexibility index (Phi) is 3.87. The summed E-state index contributed by atoms with van der Waals surface area (Å²) in [6, 6.07) is 3.27. The van der Waals surface area contributed by atoms with Gasteiger partial charge in [0.15, 0.2) is 17.3 Å². The molecule has 0 aliphatic heterocycles. The number of carbonyl (C=O) groups excluding carboxylic acids is 1. The number of nitrogens with zero attached hydrogens (tertiary/aromatic N) is 6. The van der Waals surface area contributed by atoms with E-state index >= 15 is 0 Å². The Bertz CT molecular complexity index is 690. The van der Waals surface area contributed by atoms with Crippen molar-refractivity contribution in [3.8, 4) is 5.69 Å². The van der Waals surface area contributed by atoms with Crippen LogP contribution in [0.4, 0.5) is 14.6 Å². The molecule has 1 aromatic carbocycles. The average Bonchev–Trinajstić information content (AvgIpc) is 2.80. The van der Waals surface area contributed by atoms with Gasteiger partial charge >= 0.3 is 0 Å². The van der Waals surface area contributed by atoms with Gasteiger partial charge in [-0.2, -0.15) is 4.68 Å². The van der Waals surface area contributed by atoms with Crippen molar-refractivity contribution in [2.24, 2.45) is 16.1 Å². The molecule has 0 fully saturated rings. The Hall–Kier alpha value is -2.91. The van der Waals surface area contributed by atoms with Crippen LogP contribution in [0.1, 0.15) is 10.5 Å². The maximum atomic E-state index is 13.8. The minimum absolute atomic E-state index is 0.264. The Morgan fingerprint density at radius 1 is 1.33 bits per heavy atom. The second kappa shape index (κ2) is 5.61. The van der Waals surface area contributed by atoms with Crippen molar-refractivity contribution in [3.05, 3.63) is 35.5 Å². The Labute approximate surface area is 117 Å². The van der Waals surface area contributed by atoms with Gasteiger partial charge < -0.3 is 5.73 Å². The van der Waals surface area contributed by atoms with Gasteiger partial charge in [-0.15, -0.1) is 10.2 Å². The fourth-order valence-electron chi connectivity index (χ4n) is 1.50. The van der Waals surface area contributed by atoms with E-state index in [4.69, 9.17) is 5.73 Å². The van der Waals surface area contributed by atoms with Crippen LogP contribution in [-0.2, 0) is 0 Å². The van der Waals surface area contributed by atoms with Crippen LogP contribution >= 0.6 is 0 Å². The summed E-state index contributed by atoms with van der Waals surface area (Å²) in [5.41, 5.74) is 4.26. The minimum atomic E-state index is -0.939. The van der Waals surface area contributed by atoms with Gasteiger partial charge in [-0.05, 0) is 12.1 Å². The summed E-state index contributed by atoms with van der Waals surface area (Å²) in [4.78, 5) is 11.3. The van der Waals surface area contributed by atoms with E-state index in [1.807, 2.05) is 0 Å². The van der Waals surface area contributed by atoms with Crippen molar-refractivity contribution in [1.29, 1.82) is 0 Å². The zero-order valence-corrected chi connectivity index (χ0v) is 11.2. The first kappa shape index (κ1) is 14.5. The lowest BCUT2D eigenvalue weighted by molar-refractivity contribution is 0.0996. The molecule has 1 amide bonds. The zero-order chi connectivity index (χ0) is 15.6. The van der Waals surface area contributed by atoms with Gasteiger partial charge in [-0.3, -0.25) is 9.80 Å². The molecule has 1 heterocycles. The number of aromatic nitrogens is 3. The number of carbonyl (C=O) groups is 1. The van der Waals surface area contributed by atoms with Crippen LogP contribution < -0.4 is 5.73 Å². The van der Waals surface area contributed by atoms with Crippen LogP contribution in [0.15, 0.2) is 28.5 Å². The number of amides is 1. The van der Waals surface area contributed by atoms with Crippen LogP contribution in [0.2, 0.25) is 0 Å². The number of hydrogen-bond donors (Lipinski definition) is 1. The highest BCUT2D eigenvalue weighted by atomic mass is 19.1. The standard InChI is InChI=1S/C11H11F2N7O/c1-19(2)17-16-11-8(10(14)21)15-18-20(11)9-6(12)4-3-5-7(9)13/h3-5H,1-2H3,(H2,14,21). The summed E-state index contributed by atoms with van der Waals surface area (Å²) in [7, 11) is 3.15. The van der Waals surface area contributed by atoms with Crippen molar-refractivity contribution in [2.45, 2.75) is 0 Å². The van der Waals surface area contributed by atoms with E-state index in [-0.39, 0.29) is 11.5 Å². The molecule has 0 saturated heterocycles. The van der Waals surface area contributed by atoms with Gasteiger partial charge in [-0.25, -0.2) is 8.78 Å². The lowest BCUT2D eigenvalue weighted by Gasteiger charge is -2.06. The highest BCUT2D eigenvalue weighted by Crippen LogP contribution is 2.25. The second-order valence-corrected chi connectivity index (χ2v) is 4.14. The van der Waals surface area contributed by atoms with Crippen LogP contribution in [0.3, 0.4) is 0 Å². The topological polar surface area (TPSA) is 102 Å². The first-order valence-corrected chi connectivity index (χ1v) is 5.70. The SMILES string of the molecule is CN(C)N=Nc1c(C(N)=O)nnn1-c1c(F)cccc1F.